The zero-order chi connectivity index (χ0) is 10.8. The van der Waals surface area contributed by atoms with Gasteiger partial charge in [-0.05, 0) is 25.8 Å². The quantitative estimate of drug-likeness (QED) is 0.777. The molecule has 0 saturated heterocycles. The van der Waals surface area contributed by atoms with Crippen molar-refractivity contribution in [3.8, 4) is 0 Å². The van der Waals surface area contributed by atoms with Gasteiger partial charge in [-0.25, -0.2) is 4.98 Å². The van der Waals surface area contributed by atoms with Crippen LogP contribution in [0.1, 0.15) is 24.6 Å². The van der Waals surface area contributed by atoms with Gasteiger partial charge < -0.3 is 10.3 Å². The van der Waals surface area contributed by atoms with E-state index in [4.69, 9.17) is 5.73 Å². The Morgan fingerprint density at radius 2 is 2.40 bits per heavy atom. The Bertz CT molecular complexity index is 316. The van der Waals surface area contributed by atoms with Crippen molar-refractivity contribution in [1.29, 1.82) is 0 Å². The number of hydrogen-bond acceptors (Lipinski definition) is 3. The summed E-state index contributed by atoms with van der Waals surface area (Å²) in [5.41, 5.74) is 7.06. The van der Waals surface area contributed by atoms with Crippen LogP contribution in [-0.2, 0) is 7.05 Å². The van der Waals surface area contributed by atoms with Crippen LogP contribution in [0.25, 0.3) is 0 Å². The highest BCUT2D eigenvalue weighted by Crippen LogP contribution is 2.31. The molecule has 1 heterocycles. The number of aryl methyl sites for hydroxylation is 1. The average Bonchev–Trinajstić information content (AvgIpc) is 2.91. The number of nitrogens with two attached hydrogens (primary N) is 1. The molecule has 0 spiro atoms. The van der Waals surface area contributed by atoms with E-state index in [-0.39, 0.29) is 0 Å². The highest BCUT2D eigenvalue weighted by Gasteiger charge is 2.27. The maximum absolute atomic E-state index is 5.85. The third kappa shape index (κ3) is 2.38. The maximum atomic E-state index is 5.85. The van der Waals surface area contributed by atoms with E-state index in [0.29, 0.717) is 12.6 Å². The molecule has 84 valence electrons. The molecule has 0 bridgehead atoms. The normalized spacial score (nSPS) is 18.4. The zero-order valence-corrected chi connectivity index (χ0v) is 9.56. The first-order chi connectivity index (χ1) is 7.22. The van der Waals surface area contributed by atoms with E-state index in [0.717, 1.165) is 12.5 Å². The Hall–Kier alpha value is -0.870. The number of hydrogen-bond donors (Lipinski definition) is 1. The summed E-state index contributed by atoms with van der Waals surface area (Å²) in [7, 11) is 4.18. The van der Waals surface area contributed by atoms with Crippen LogP contribution in [-0.4, -0.2) is 34.6 Å². The largest absolute Gasteiger partial charge is 0.336 e. The average molecular weight is 208 g/mol. The number of imidazole rings is 1. The van der Waals surface area contributed by atoms with Gasteiger partial charge in [0.25, 0.3) is 0 Å². The molecular weight excluding hydrogens is 188 g/mol. The van der Waals surface area contributed by atoms with E-state index < -0.39 is 0 Å². The van der Waals surface area contributed by atoms with Crippen molar-refractivity contribution < 1.29 is 0 Å². The number of rotatable bonds is 5. The molecule has 4 heteroatoms. The second-order valence-corrected chi connectivity index (χ2v) is 4.56. The van der Waals surface area contributed by atoms with Gasteiger partial charge in [0.1, 0.15) is 0 Å². The first kappa shape index (κ1) is 10.6. The molecule has 1 fully saturated rings. The number of nitrogens with zero attached hydrogens (tertiary/aromatic N) is 3. The lowest BCUT2D eigenvalue weighted by molar-refractivity contribution is 0.233. The Labute approximate surface area is 91.1 Å². The summed E-state index contributed by atoms with van der Waals surface area (Å²) in [6.45, 7) is 1.82. The number of likely N-dealkylation sites (N-methyl/N-ethyl adjacent to an activating group) is 1. The Balaban J connectivity index is 2.05. The van der Waals surface area contributed by atoms with E-state index >= 15 is 0 Å². The molecule has 1 saturated carbocycles. The van der Waals surface area contributed by atoms with Crippen molar-refractivity contribution in [2.24, 2.45) is 18.7 Å². The lowest BCUT2D eigenvalue weighted by Gasteiger charge is -2.27. The van der Waals surface area contributed by atoms with E-state index in [1.807, 2.05) is 19.6 Å². The fourth-order valence-corrected chi connectivity index (χ4v) is 2.05. The molecule has 15 heavy (non-hydrogen) atoms. The fraction of sp³-hybridized carbons (Fsp3) is 0.727. The standard InChI is InChI=1S/C11H20N4/c1-14(7-9-3-4-9)10(5-12)11-6-13-8-15(11)2/h6,8-10H,3-5,7,12H2,1-2H3. The summed E-state index contributed by atoms with van der Waals surface area (Å²) in [6, 6.07) is 0.304. The Kier molecular flexibility index (Phi) is 3.07. The van der Waals surface area contributed by atoms with Gasteiger partial charge in [-0.3, -0.25) is 4.90 Å². The van der Waals surface area contributed by atoms with Crippen molar-refractivity contribution in [3.05, 3.63) is 18.2 Å². The topological polar surface area (TPSA) is 47.1 Å². The van der Waals surface area contributed by atoms with Gasteiger partial charge in [-0.15, -0.1) is 0 Å². The minimum atomic E-state index is 0.304. The molecule has 2 rings (SSSR count). The van der Waals surface area contributed by atoms with Gasteiger partial charge in [0.15, 0.2) is 0 Å². The zero-order valence-electron chi connectivity index (χ0n) is 9.56. The predicted octanol–water partition coefficient (Wildman–Crippen LogP) is 0.762. The lowest BCUT2D eigenvalue weighted by Crippen LogP contribution is -2.33. The van der Waals surface area contributed by atoms with Crippen LogP contribution in [0.15, 0.2) is 12.5 Å². The SMILES string of the molecule is CN(CC1CC1)C(CN)c1cncn1C. The fourth-order valence-electron chi connectivity index (χ4n) is 2.05. The molecule has 1 aromatic heterocycles. The van der Waals surface area contributed by atoms with Crippen LogP contribution in [0.2, 0.25) is 0 Å². The van der Waals surface area contributed by atoms with Crippen LogP contribution < -0.4 is 5.73 Å². The molecular formula is C11H20N4. The molecule has 1 atom stereocenters. The predicted molar refractivity (Wildman–Crippen MR) is 60.4 cm³/mol. The molecule has 0 amide bonds. The molecule has 0 aromatic carbocycles. The van der Waals surface area contributed by atoms with Gasteiger partial charge in [-0.1, -0.05) is 0 Å². The maximum Gasteiger partial charge on any atom is 0.0946 e. The molecule has 1 aromatic rings. The summed E-state index contributed by atoms with van der Waals surface area (Å²) in [5, 5.41) is 0. The summed E-state index contributed by atoms with van der Waals surface area (Å²) in [6.07, 6.45) is 6.52. The van der Waals surface area contributed by atoms with Crippen LogP contribution in [0, 0.1) is 5.92 Å². The summed E-state index contributed by atoms with van der Waals surface area (Å²) in [4.78, 5) is 6.50. The van der Waals surface area contributed by atoms with E-state index in [1.165, 1.54) is 18.5 Å². The van der Waals surface area contributed by atoms with Crippen molar-refractivity contribution in [2.45, 2.75) is 18.9 Å². The highest BCUT2D eigenvalue weighted by molar-refractivity contribution is 5.06. The number of aromatic nitrogens is 2. The van der Waals surface area contributed by atoms with Gasteiger partial charge in [0, 0.05) is 26.3 Å². The van der Waals surface area contributed by atoms with Crippen molar-refractivity contribution >= 4 is 0 Å². The molecule has 1 aliphatic carbocycles. The van der Waals surface area contributed by atoms with Gasteiger partial charge in [0.2, 0.25) is 0 Å². The van der Waals surface area contributed by atoms with Gasteiger partial charge in [0.05, 0.1) is 18.1 Å². The van der Waals surface area contributed by atoms with Crippen LogP contribution in [0.3, 0.4) is 0 Å². The summed E-state index contributed by atoms with van der Waals surface area (Å²) >= 11 is 0. The molecule has 0 radical (unpaired) electrons. The van der Waals surface area contributed by atoms with Crippen LogP contribution in [0.5, 0.6) is 0 Å². The van der Waals surface area contributed by atoms with Gasteiger partial charge >= 0.3 is 0 Å². The summed E-state index contributed by atoms with van der Waals surface area (Å²) in [5.74, 6) is 0.900. The third-order valence-corrected chi connectivity index (χ3v) is 3.19. The second kappa shape index (κ2) is 4.33. The monoisotopic (exact) mass is 208 g/mol. The lowest BCUT2D eigenvalue weighted by atomic mass is 10.2. The minimum Gasteiger partial charge on any atom is -0.336 e. The summed E-state index contributed by atoms with van der Waals surface area (Å²) < 4.78 is 2.06. The van der Waals surface area contributed by atoms with Crippen molar-refractivity contribution in [2.75, 3.05) is 20.1 Å². The van der Waals surface area contributed by atoms with Gasteiger partial charge in [-0.2, -0.15) is 0 Å². The van der Waals surface area contributed by atoms with E-state index in [2.05, 4.69) is 21.5 Å². The second-order valence-electron chi connectivity index (χ2n) is 4.56. The van der Waals surface area contributed by atoms with Crippen LogP contribution in [0.4, 0.5) is 0 Å². The smallest absolute Gasteiger partial charge is 0.0946 e. The molecule has 0 aliphatic heterocycles. The third-order valence-electron chi connectivity index (χ3n) is 3.19. The minimum absolute atomic E-state index is 0.304. The van der Waals surface area contributed by atoms with E-state index in [1.54, 1.807) is 0 Å². The Morgan fingerprint density at radius 3 is 2.87 bits per heavy atom. The Morgan fingerprint density at radius 1 is 1.67 bits per heavy atom. The first-order valence-corrected chi connectivity index (χ1v) is 5.59. The molecule has 1 unspecified atom stereocenters. The molecule has 4 nitrogen and oxygen atoms in total. The first-order valence-electron chi connectivity index (χ1n) is 5.59. The van der Waals surface area contributed by atoms with E-state index in [9.17, 15) is 0 Å². The van der Waals surface area contributed by atoms with Crippen LogP contribution >= 0.6 is 0 Å². The van der Waals surface area contributed by atoms with Crippen molar-refractivity contribution in [1.82, 2.24) is 14.5 Å². The molecule has 2 N–H and O–H groups in total. The molecule has 1 aliphatic rings. The van der Waals surface area contributed by atoms with Crippen molar-refractivity contribution in [3.63, 3.8) is 0 Å². The highest BCUT2D eigenvalue weighted by atomic mass is 15.2.